The fraction of sp³-hybridized carbons (Fsp3) is 0.636. The molecule has 3 aliphatic rings. The lowest BCUT2D eigenvalue weighted by molar-refractivity contribution is -0.194. The number of halogens is 3. The van der Waals surface area contributed by atoms with Crippen molar-refractivity contribution in [2.75, 3.05) is 24.6 Å². The highest BCUT2D eigenvalue weighted by Gasteiger charge is 2.64. The molecule has 3 atom stereocenters. The van der Waals surface area contributed by atoms with Crippen molar-refractivity contribution in [3.05, 3.63) is 30.0 Å². The van der Waals surface area contributed by atoms with Crippen LogP contribution in [0.3, 0.4) is 0 Å². The normalized spacial score (nSPS) is 26.2. The number of nitrogens with zero attached hydrogens (tertiary/aromatic N) is 6. The van der Waals surface area contributed by atoms with E-state index in [4.69, 9.17) is 4.74 Å². The second-order valence-corrected chi connectivity index (χ2v) is 10.5. The van der Waals surface area contributed by atoms with Gasteiger partial charge in [0, 0.05) is 37.2 Å². The summed E-state index contributed by atoms with van der Waals surface area (Å²) in [6.45, 7) is 3.49. The fourth-order valence-electron chi connectivity index (χ4n) is 5.45. The number of pyridine rings is 1. The van der Waals surface area contributed by atoms with Crippen LogP contribution in [0.5, 0.6) is 5.75 Å². The molecule has 7 nitrogen and oxygen atoms in total. The van der Waals surface area contributed by atoms with Gasteiger partial charge in [-0.15, -0.1) is 0 Å². The van der Waals surface area contributed by atoms with Gasteiger partial charge in [0.25, 0.3) is 0 Å². The SMILES string of the molecule is Cc1nsc(N2C[C@H]3CC[C@@H](C2)C3Cc2nc3c(OCC4(C(F)(F)F)CC4)cccn3n2)n1. The maximum absolute atomic E-state index is 13.3. The molecule has 1 unspecified atom stereocenters. The van der Waals surface area contributed by atoms with Crippen molar-refractivity contribution in [2.24, 2.45) is 23.2 Å². The average Bonchev–Trinajstić information content (AvgIpc) is 3.20. The Hall–Kier alpha value is -2.43. The van der Waals surface area contributed by atoms with Crippen molar-refractivity contribution in [1.82, 2.24) is 24.0 Å². The molecule has 2 aliphatic carbocycles. The molecule has 1 aliphatic heterocycles. The standard InChI is InChI=1S/C22H25F3N6OS/c1-13-26-20(33-29-13)30-10-14-4-5-15(11-30)16(14)9-18-27-19-17(3-2-8-31(19)28-18)32-12-21(6-7-21)22(23,24)25/h2-3,8,14-16H,4-7,9-12H2,1H3/t14-,15+,16?. The van der Waals surface area contributed by atoms with Crippen molar-refractivity contribution < 1.29 is 17.9 Å². The highest BCUT2D eigenvalue weighted by atomic mass is 32.1. The zero-order valence-electron chi connectivity index (χ0n) is 18.3. The minimum Gasteiger partial charge on any atom is -0.489 e. The molecule has 0 N–H and O–H groups in total. The molecule has 0 aromatic carbocycles. The lowest BCUT2D eigenvalue weighted by Crippen LogP contribution is -2.42. The lowest BCUT2D eigenvalue weighted by Gasteiger charge is -2.37. The van der Waals surface area contributed by atoms with Crippen molar-refractivity contribution in [3.63, 3.8) is 0 Å². The first-order valence-corrected chi connectivity index (χ1v) is 12.2. The van der Waals surface area contributed by atoms with E-state index in [2.05, 4.69) is 24.3 Å². The Morgan fingerprint density at radius 2 is 1.94 bits per heavy atom. The van der Waals surface area contributed by atoms with E-state index in [1.165, 1.54) is 24.4 Å². The smallest absolute Gasteiger partial charge is 0.397 e. The highest BCUT2D eigenvalue weighted by molar-refractivity contribution is 7.09. The van der Waals surface area contributed by atoms with Gasteiger partial charge in [-0.3, -0.25) is 0 Å². The summed E-state index contributed by atoms with van der Waals surface area (Å²) in [5.74, 6) is 3.51. The summed E-state index contributed by atoms with van der Waals surface area (Å²) in [7, 11) is 0. The van der Waals surface area contributed by atoms with Gasteiger partial charge in [-0.1, -0.05) is 0 Å². The summed E-state index contributed by atoms with van der Waals surface area (Å²) in [6, 6.07) is 3.41. The Labute approximate surface area is 193 Å². The molecule has 0 amide bonds. The van der Waals surface area contributed by atoms with Gasteiger partial charge < -0.3 is 9.64 Å². The van der Waals surface area contributed by atoms with Crippen LogP contribution >= 0.6 is 11.5 Å². The molecule has 176 valence electrons. The number of piperidine rings is 1. The van der Waals surface area contributed by atoms with Crippen LogP contribution in [-0.2, 0) is 6.42 Å². The van der Waals surface area contributed by atoms with Crippen LogP contribution in [-0.4, -0.2) is 49.8 Å². The highest BCUT2D eigenvalue weighted by Crippen LogP contribution is 2.57. The molecule has 11 heteroatoms. The van der Waals surface area contributed by atoms with E-state index in [9.17, 15) is 13.2 Å². The van der Waals surface area contributed by atoms with Crippen molar-refractivity contribution in [3.8, 4) is 5.75 Å². The molecule has 1 saturated heterocycles. The van der Waals surface area contributed by atoms with Gasteiger partial charge in [-0.2, -0.15) is 22.6 Å². The summed E-state index contributed by atoms with van der Waals surface area (Å²) >= 11 is 1.46. The minimum absolute atomic E-state index is 0.121. The third-order valence-corrected chi connectivity index (χ3v) is 8.43. The van der Waals surface area contributed by atoms with Crippen molar-refractivity contribution in [2.45, 2.75) is 45.2 Å². The van der Waals surface area contributed by atoms with Gasteiger partial charge in [-0.05, 0) is 62.5 Å². The molecule has 2 saturated carbocycles. The van der Waals surface area contributed by atoms with Gasteiger partial charge in [-0.25, -0.2) is 14.5 Å². The van der Waals surface area contributed by atoms with E-state index >= 15 is 0 Å². The van der Waals surface area contributed by atoms with Gasteiger partial charge >= 0.3 is 6.18 Å². The molecule has 3 aromatic rings. The van der Waals surface area contributed by atoms with Crippen molar-refractivity contribution in [1.29, 1.82) is 0 Å². The summed E-state index contributed by atoms with van der Waals surface area (Å²) in [6.07, 6.45) is 0.912. The van der Waals surface area contributed by atoms with E-state index in [-0.39, 0.29) is 19.4 Å². The molecule has 3 fully saturated rings. The van der Waals surface area contributed by atoms with Crippen LogP contribution in [0.15, 0.2) is 18.3 Å². The number of rotatable bonds is 6. The van der Waals surface area contributed by atoms with Crippen LogP contribution in [0.25, 0.3) is 5.65 Å². The van der Waals surface area contributed by atoms with Crippen molar-refractivity contribution >= 4 is 22.3 Å². The van der Waals surface area contributed by atoms with E-state index in [0.717, 1.165) is 36.3 Å². The van der Waals surface area contributed by atoms with E-state index < -0.39 is 11.6 Å². The molecule has 6 rings (SSSR count). The molecule has 3 aromatic heterocycles. The van der Waals surface area contributed by atoms with Gasteiger partial charge in [0.15, 0.2) is 17.2 Å². The number of alkyl halides is 3. The van der Waals surface area contributed by atoms with Crippen LogP contribution in [0.4, 0.5) is 18.3 Å². The summed E-state index contributed by atoms with van der Waals surface area (Å²) in [5, 5.41) is 5.63. The summed E-state index contributed by atoms with van der Waals surface area (Å²) in [5.41, 5.74) is -1.22. The molecule has 0 spiro atoms. The molecule has 0 radical (unpaired) electrons. The second-order valence-electron chi connectivity index (χ2n) is 9.73. The number of anilines is 1. The summed E-state index contributed by atoms with van der Waals surface area (Å²) < 4.78 is 51.4. The zero-order chi connectivity index (χ0) is 22.8. The Kier molecular flexibility index (Phi) is 4.83. The van der Waals surface area contributed by atoms with Crippen LogP contribution in [0.1, 0.15) is 37.3 Å². The Bertz CT molecular complexity index is 1160. The monoisotopic (exact) mass is 478 g/mol. The van der Waals surface area contributed by atoms with Gasteiger partial charge in [0.2, 0.25) is 5.13 Å². The number of aromatic nitrogens is 5. The Balaban J connectivity index is 1.17. The zero-order valence-corrected chi connectivity index (χ0v) is 19.1. The van der Waals surface area contributed by atoms with E-state index in [0.29, 0.717) is 29.2 Å². The molecule has 4 heterocycles. The average molecular weight is 479 g/mol. The number of hydrogen-bond donors (Lipinski definition) is 0. The summed E-state index contributed by atoms with van der Waals surface area (Å²) in [4.78, 5) is 11.6. The third kappa shape index (κ3) is 3.74. The van der Waals surface area contributed by atoms with Gasteiger partial charge in [0.1, 0.15) is 17.8 Å². The van der Waals surface area contributed by atoms with Crippen LogP contribution in [0, 0.1) is 30.1 Å². The fourth-order valence-corrected chi connectivity index (χ4v) is 6.14. The first-order valence-electron chi connectivity index (χ1n) is 11.4. The Morgan fingerprint density at radius 1 is 1.18 bits per heavy atom. The third-order valence-electron chi connectivity index (χ3n) is 7.56. The Morgan fingerprint density at radius 3 is 2.58 bits per heavy atom. The molecular formula is C22H25F3N6OS. The first kappa shape index (κ1) is 21.1. The van der Waals surface area contributed by atoms with E-state index in [1.807, 2.05) is 6.92 Å². The lowest BCUT2D eigenvalue weighted by atomic mass is 9.82. The predicted molar refractivity (Wildman–Crippen MR) is 116 cm³/mol. The quantitative estimate of drug-likeness (QED) is 0.526. The minimum atomic E-state index is -4.24. The van der Waals surface area contributed by atoms with E-state index in [1.54, 1.807) is 22.8 Å². The predicted octanol–water partition coefficient (Wildman–Crippen LogP) is 4.32. The van der Waals surface area contributed by atoms with Crippen LogP contribution in [0.2, 0.25) is 0 Å². The number of aryl methyl sites for hydroxylation is 1. The van der Waals surface area contributed by atoms with Crippen LogP contribution < -0.4 is 9.64 Å². The van der Waals surface area contributed by atoms with Gasteiger partial charge in [0.05, 0.1) is 0 Å². The molecule has 2 bridgehead atoms. The topological polar surface area (TPSA) is 68.4 Å². The molecule has 33 heavy (non-hydrogen) atoms. The second kappa shape index (κ2) is 7.54. The number of ether oxygens (including phenoxy) is 1. The maximum atomic E-state index is 13.3. The number of hydrogen-bond acceptors (Lipinski definition) is 7. The number of fused-ring (bicyclic) bond motifs is 3. The molecular weight excluding hydrogens is 453 g/mol. The largest absolute Gasteiger partial charge is 0.489 e. The first-order chi connectivity index (χ1) is 15.8. The maximum Gasteiger partial charge on any atom is 0.397 e.